The summed E-state index contributed by atoms with van der Waals surface area (Å²) in [5.74, 6) is -2.68. The van der Waals surface area contributed by atoms with Crippen molar-refractivity contribution in [3.05, 3.63) is 35.4 Å². The SMILES string of the molecule is CC(C)CS(=O)(=O)CC(=O)NC(CC1CCCc2ccccc21)C(=O)O. The predicted octanol–water partition coefficient (Wildman–Crippen LogP) is 2.14. The Balaban J connectivity index is 2.04. The van der Waals surface area contributed by atoms with Gasteiger partial charge in [-0.15, -0.1) is 0 Å². The van der Waals surface area contributed by atoms with E-state index in [2.05, 4.69) is 5.32 Å². The molecule has 6 nitrogen and oxygen atoms in total. The second kappa shape index (κ2) is 8.66. The smallest absolute Gasteiger partial charge is 0.326 e. The van der Waals surface area contributed by atoms with Gasteiger partial charge in [0.25, 0.3) is 0 Å². The normalized spacial score (nSPS) is 18.2. The highest BCUT2D eigenvalue weighted by Gasteiger charge is 2.29. The maximum absolute atomic E-state index is 12.1. The van der Waals surface area contributed by atoms with Gasteiger partial charge in [0.05, 0.1) is 5.75 Å². The number of carbonyl (C=O) groups excluding carboxylic acids is 1. The summed E-state index contributed by atoms with van der Waals surface area (Å²) < 4.78 is 23.9. The second-order valence-corrected chi connectivity index (χ2v) is 9.54. The molecule has 0 radical (unpaired) electrons. The van der Waals surface area contributed by atoms with Gasteiger partial charge in [0.15, 0.2) is 9.84 Å². The quantitative estimate of drug-likeness (QED) is 0.718. The lowest BCUT2D eigenvalue weighted by atomic mass is 9.79. The molecule has 0 saturated carbocycles. The van der Waals surface area contributed by atoms with Gasteiger partial charge in [-0.2, -0.15) is 0 Å². The molecule has 0 bridgehead atoms. The van der Waals surface area contributed by atoms with Gasteiger partial charge in [-0.3, -0.25) is 4.79 Å². The maximum Gasteiger partial charge on any atom is 0.326 e. The van der Waals surface area contributed by atoms with Gasteiger partial charge in [-0.05, 0) is 48.6 Å². The fourth-order valence-corrected chi connectivity index (χ4v) is 5.22. The summed E-state index contributed by atoms with van der Waals surface area (Å²) in [6, 6.07) is 6.87. The maximum atomic E-state index is 12.1. The number of nitrogens with one attached hydrogen (secondary N) is 1. The van der Waals surface area contributed by atoms with E-state index in [0.717, 1.165) is 24.8 Å². The van der Waals surface area contributed by atoms with E-state index >= 15 is 0 Å². The first-order valence-electron chi connectivity index (χ1n) is 8.98. The van der Waals surface area contributed by atoms with Crippen LogP contribution in [0.1, 0.15) is 50.2 Å². The van der Waals surface area contributed by atoms with E-state index in [9.17, 15) is 23.1 Å². The zero-order valence-corrected chi connectivity index (χ0v) is 16.1. The number of amides is 1. The summed E-state index contributed by atoms with van der Waals surface area (Å²) >= 11 is 0. The molecule has 2 unspecified atom stereocenters. The number of benzene rings is 1. The Morgan fingerprint density at radius 1 is 1.27 bits per heavy atom. The summed E-state index contributed by atoms with van der Waals surface area (Å²) in [5.41, 5.74) is 2.35. The van der Waals surface area contributed by atoms with Crippen molar-refractivity contribution in [1.82, 2.24) is 5.32 Å². The molecule has 0 heterocycles. The van der Waals surface area contributed by atoms with Gasteiger partial charge >= 0.3 is 5.97 Å². The summed E-state index contributed by atoms with van der Waals surface area (Å²) in [6.45, 7) is 3.52. The Labute approximate surface area is 154 Å². The van der Waals surface area contributed by atoms with E-state index in [0.29, 0.717) is 0 Å². The van der Waals surface area contributed by atoms with Crippen LogP contribution in [0.15, 0.2) is 24.3 Å². The average Bonchev–Trinajstić information content (AvgIpc) is 2.52. The Morgan fingerprint density at radius 2 is 1.96 bits per heavy atom. The number of hydrogen-bond donors (Lipinski definition) is 2. The van der Waals surface area contributed by atoms with E-state index in [-0.39, 0.29) is 24.0 Å². The monoisotopic (exact) mass is 381 g/mol. The Morgan fingerprint density at radius 3 is 2.62 bits per heavy atom. The lowest BCUT2D eigenvalue weighted by molar-refractivity contribution is -0.141. The molecule has 1 aliphatic rings. The second-order valence-electron chi connectivity index (χ2n) is 7.43. The summed E-state index contributed by atoms with van der Waals surface area (Å²) in [4.78, 5) is 23.7. The first-order chi connectivity index (χ1) is 12.2. The van der Waals surface area contributed by atoms with Crippen LogP contribution in [0.2, 0.25) is 0 Å². The van der Waals surface area contributed by atoms with Crippen LogP contribution < -0.4 is 5.32 Å². The summed E-state index contributed by atoms with van der Waals surface area (Å²) in [7, 11) is -3.54. The van der Waals surface area contributed by atoms with Crippen molar-refractivity contribution in [2.45, 2.75) is 51.5 Å². The van der Waals surface area contributed by atoms with Gasteiger partial charge in [0.1, 0.15) is 11.8 Å². The molecule has 144 valence electrons. The molecular formula is C19H27NO5S. The minimum atomic E-state index is -3.54. The van der Waals surface area contributed by atoms with Crippen LogP contribution in [0.5, 0.6) is 0 Å². The molecule has 1 aromatic carbocycles. The fraction of sp³-hybridized carbons (Fsp3) is 0.579. The molecule has 1 aromatic rings. The lowest BCUT2D eigenvalue weighted by Crippen LogP contribution is -2.44. The molecule has 0 spiro atoms. The number of fused-ring (bicyclic) bond motifs is 1. The average molecular weight is 381 g/mol. The van der Waals surface area contributed by atoms with Crippen LogP contribution in [0.3, 0.4) is 0 Å². The van der Waals surface area contributed by atoms with Crippen LogP contribution in [0.25, 0.3) is 0 Å². The van der Waals surface area contributed by atoms with Crippen molar-refractivity contribution in [1.29, 1.82) is 0 Å². The molecular weight excluding hydrogens is 354 g/mol. The number of carbonyl (C=O) groups is 2. The first-order valence-corrected chi connectivity index (χ1v) is 10.8. The van der Waals surface area contributed by atoms with Gasteiger partial charge in [0, 0.05) is 0 Å². The third kappa shape index (κ3) is 5.83. The van der Waals surface area contributed by atoms with Crippen molar-refractivity contribution in [3.8, 4) is 0 Å². The van der Waals surface area contributed by atoms with Gasteiger partial charge in [0.2, 0.25) is 5.91 Å². The molecule has 2 atom stereocenters. The van der Waals surface area contributed by atoms with Crippen molar-refractivity contribution < 1.29 is 23.1 Å². The van der Waals surface area contributed by atoms with Crippen molar-refractivity contribution in [3.63, 3.8) is 0 Å². The number of sulfone groups is 1. The number of carboxylic acids is 1. The summed E-state index contributed by atoms with van der Waals surface area (Å²) in [5, 5.41) is 11.9. The van der Waals surface area contributed by atoms with Crippen molar-refractivity contribution >= 4 is 21.7 Å². The highest BCUT2D eigenvalue weighted by molar-refractivity contribution is 7.92. The third-order valence-electron chi connectivity index (χ3n) is 4.59. The molecule has 7 heteroatoms. The molecule has 0 saturated heterocycles. The topological polar surface area (TPSA) is 101 Å². The van der Waals surface area contributed by atoms with Crippen LogP contribution in [-0.4, -0.2) is 42.9 Å². The number of rotatable bonds is 8. The zero-order valence-electron chi connectivity index (χ0n) is 15.3. The Kier molecular flexibility index (Phi) is 6.81. The largest absolute Gasteiger partial charge is 0.480 e. The Hall–Kier alpha value is -1.89. The minimum Gasteiger partial charge on any atom is -0.480 e. The molecule has 1 aliphatic carbocycles. The highest BCUT2D eigenvalue weighted by atomic mass is 32.2. The van der Waals surface area contributed by atoms with Gasteiger partial charge in [-0.1, -0.05) is 38.1 Å². The molecule has 0 aromatic heterocycles. The van der Waals surface area contributed by atoms with E-state index in [1.165, 1.54) is 5.56 Å². The molecule has 1 amide bonds. The fourth-order valence-electron chi connectivity index (χ4n) is 3.61. The predicted molar refractivity (Wildman–Crippen MR) is 99.8 cm³/mol. The number of carboxylic acid groups (broad SMARTS) is 1. The van der Waals surface area contributed by atoms with Crippen LogP contribution in [-0.2, 0) is 25.8 Å². The van der Waals surface area contributed by atoms with Crippen LogP contribution in [0.4, 0.5) is 0 Å². The first kappa shape index (κ1) is 20.4. The molecule has 0 fully saturated rings. The standard InChI is InChI=1S/C19H27NO5S/c1-13(2)11-26(24,25)12-18(21)20-17(19(22)23)10-15-8-5-7-14-6-3-4-9-16(14)15/h3-4,6,9,13,15,17H,5,7-8,10-12H2,1-2H3,(H,20,21)(H,22,23). The molecule has 2 rings (SSSR count). The molecule has 2 N–H and O–H groups in total. The summed E-state index contributed by atoms with van der Waals surface area (Å²) in [6.07, 6.45) is 3.08. The minimum absolute atomic E-state index is 0.0496. The highest BCUT2D eigenvalue weighted by Crippen LogP contribution is 2.34. The van der Waals surface area contributed by atoms with E-state index in [1.54, 1.807) is 13.8 Å². The molecule has 26 heavy (non-hydrogen) atoms. The van der Waals surface area contributed by atoms with Gasteiger partial charge < -0.3 is 10.4 Å². The van der Waals surface area contributed by atoms with Gasteiger partial charge in [-0.25, -0.2) is 13.2 Å². The lowest BCUT2D eigenvalue weighted by Gasteiger charge is -2.28. The number of hydrogen-bond acceptors (Lipinski definition) is 4. The van der Waals surface area contributed by atoms with Crippen molar-refractivity contribution in [2.24, 2.45) is 5.92 Å². The van der Waals surface area contributed by atoms with E-state index < -0.39 is 33.5 Å². The van der Waals surface area contributed by atoms with E-state index in [4.69, 9.17) is 0 Å². The Bertz CT molecular complexity index is 757. The van der Waals surface area contributed by atoms with Crippen LogP contribution >= 0.6 is 0 Å². The zero-order chi connectivity index (χ0) is 19.3. The van der Waals surface area contributed by atoms with Crippen LogP contribution in [0, 0.1) is 5.92 Å². The molecule has 0 aliphatic heterocycles. The number of aliphatic carboxylic acids is 1. The van der Waals surface area contributed by atoms with E-state index in [1.807, 2.05) is 24.3 Å². The third-order valence-corrected chi connectivity index (χ3v) is 6.46. The number of aryl methyl sites for hydroxylation is 1. The van der Waals surface area contributed by atoms with Crippen molar-refractivity contribution in [2.75, 3.05) is 11.5 Å².